The number of nitriles is 1. The molecule has 18 heavy (non-hydrogen) atoms. The maximum atomic E-state index is 12.9. The van der Waals surface area contributed by atoms with Gasteiger partial charge in [0.1, 0.15) is 5.82 Å². The fourth-order valence-electron chi connectivity index (χ4n) is 2.37. The van der Waals surface area contributed by atoms with Gasteiger partial charge in [-0.2, -0.15) is 5.26 Å². The van der Waals surface area contributed by atoms with Crippen molar-refractivity contribution < 1.29 is 4.39 Å². The number of hydrogen-bond acceptors (Lipinski definition) is 3. The first kappa shape index (κ1) is 12.8. The van der Waals surface area contributed by atoms with Crippen LogP contribution in [0, 0.1) is 17.1 Å². The Morgan fingerprint density at radius 1 is 1.22 bits per heavy atom. The number of nitrogens with zero attached hydrogens (tertiary/aromatic N) is 3. The van der Waals surface area contributed by atoms with E-state index in [1.165, 1.54) is 12.1 Å². The predicted molar refractivity (Wildman–Crippen MR) is 69.9 cm³/mol. The first-order valence-electron chi connectivity index (χ1n) is 6.38. The molecule has 1 aromatic rings. The van der Waals surface area contributed by atoms with E-state index in [0.29, 0.717) is 0 Å². The summed E-state index contributed by atoms with van der Waals surface area (Å²) in [4.78, 5) is 4.46. The minimum atomic E-state index is -0.201. The summed E-state index contributed by atoms with van der Waals surface area (Å²) in [5.74, 6) is -0.201. The molecule has 2 rings (SSSR count). The molecule has 0 saturated carbocycles. The third-order valence-corrected chi connectivity index (χ3v) is 3.48. The number of piperazine rings is 1. The number of halogens is 1. The Morgan fingerprint density at radius 3 is 2.33 bits per heavy atom. The molecule has 1 saturated heterocycles. The average Bonchev–Trinajstić information content (AvgIpc) is 2.42. The second-order valence-corrected chi connectivity index (χ2v) is 4.55. The SMILES string of the molecule is CCC(C#N)N1CCN(c2ccc(F)cc2)CC1. The van der Waals surface area contributed by atoms with Crippen LogP contribution in [0.15, 0.2) is 24.3 Å². The Balaban J connectivity index is 1.94. The molecule has 4 heteroatoms. The lowest BCUT2D eigenvalue weighted by atomic mass is 10.1. The van der Waals surface area contributed by atoms with Crippen LogP contribution in [-0.4, -0.2) is 37.1 Å². The van der Waals surface area contributed by atoms with E-state index >= 15 is 0 Å². The van der Waals surface area contributed by atoms with Crippen molar-refractivity contribution in [1.82, 2.24) is 4.90 Å². The molecule has 1 heterocycles. The van der Waals surface area contributed by atoms with Gasteiger partial charge in [0.2, 0.25) is 0 Å². The van der Waals surface area contributed by atoms with Crippen molar-refractivity contribution in [2.75, 3.05) is 31.1 Å². The Morgan fingerprint density at radius 2 is 1.83 bits per heavy atom. The third kappa shape index (κ3) is 2.80. The lowest BCUT2D eigenvalue weighted by Crippen LogP contribution is -2.49. The van der Waals surface area contributed by atoms with Gasteiger partial charge in [-0.25, -0.2) is 4.39 Å². The molecule has 0 amide bonds. The van der Waals surface area contributed by atoms with Crippen LogP contribution in [0.5, 0.6) is 0 Å². The van der Waals surface area contributed by atoms with E-state index in [1.807, 2.05) is 19.1 Å². The first-order chi connectivity index (χ1) is 8.74. The quantitative estimate of drug-likeness (QED) is 0.820. The molecule has 0 aliphatic carbocycles. The van der Waals surface area contributed by atoms with Crippen molar-refractivity contribution in [3.8, 4) is 6.07 Å². The van der Waals surface area contributed by atoms with E-state index in [4.69, 9.17) is 5.26 Å². The fourth-order valence-corrected chi connectivity index (χ4v) is 2.37. The minimum Gasteiger partial charge on any atom is -0.369 e. The molecule has 1 aliphatic heterocycles. The van der Waals surface area contributed by atoms with Crippen molar-refractivity contribution in [2.45, 2.75) is 19.4 Å². The first-order valence-corrected chi connectivity index (χ1v) is 6.38. The van der Waals surface area contributed by atoms with Crippen molar-refractivity contribution >= 4 is 5.69 Å². The van der Waals surface area contributed by atoms with Crippen LogP contribution in [0.1, 0.15) is 13.3 Å². The van der Waals surface area contributed by atoms with Gasteiger partial charge in [0.15, 0.2) is 0 Å². The van der Waals surface area contributed by atoms with Gasteiger partial charge in [-0.3, -0.25) is 4.90 Å². The summed E-state index contributed by atoms with van der Waals surface area (Å²) >= 11 is 0. The highest BCUT2D eigenvalue weighted by Crippen LogP contribution is 2.18. The van der Waals surface area contributed by atoms with Crippen LogP contribution in [0.4, 0.5) is 10.1 Å². The van der Waals surface area contributed by atoms with Gasteiger partial charge >= 0.3 is 0 Å². The Labute approximate surface area is 107 Å². The van der Waals surface area contributed by atoms with Gasteiger partial charge in [-0.05, 0) is 30.7 Å². The highest BCUT2D eigenvalue weighted by Gasteiger charge is 2.22. The molecular formula is C14H18FN3. The Bertz CT molecular complexity index is 416. The van der Waals surface area contributed by atoms with Crippen LogP contribution in [0.2, 0.25) is 0 Å². The van der Waals surface area contributed by atoms with Gasteiger partial charge in [0.25, 0.3) is 0 Å². The summed E-state index contributed by atoms with van der Waals surface area (Å²) in [5.41, 5.74) is 1.06. The maximum absolute atomic E-state index is 12.9. The van der Waals surface area contributed by atoms with Crippen molar-refractivity contribution in [2.24, 2.45) is 0 Å². The van der Waals surface area contributed by atoms with E-state index in [0.717, 1.165) is 38.3 Å². The summed E-state index contributed by atoms with van der Waals surface area (Å²) in [6.45, 7) is 5.61. The van der Waals surface area contributed by atoms with Crippen LogP contribution in [0.3, 0.4) is 0 Å². The lowest BCUT2D eigenvalue weighted by Gasteiger charge is -2.37. The number of benzene rings is 1. The standard InChI is InChI=1S/C14H18FN3/c1-2-13(11-16)17-7-9-18(10-8-17)14-5-3-12(15)4-6-14/h3-6,13H,2,7-10H2,1H3. The van der Waals surface area contributed by atoms with Crippen LogP contribution in [0.25, 0.3) is 0 Å². The minimum absolute atomic E-state index is 0.0281. The predicted octanol–water partition coefficient (Wildman–Crippen LogP) is 2.25. The van der Waals surface area contributed by atoms with Gasteiger partial charge in [-0.15, -0.1) is 0 Å². The van der Waals surface area contributed by atoms with Gasteiger partial charge in [-0.1, -0.05) is 6.92 Å². The second-order valence-electron chi connectivity index (χ2n) is 4.55. The molecule has 0 N–H and O–H groups in total. The monoisotopic (exact) mass is 247 g/mol. The van der Waals surface area contributed by atoms with Gasteiger partial charge < -0.3 is 4.90 Å². The van der Waals surface area contributed by atoms with Gasteiger partial charge in [0, 0.05) is 31.9 Å². The third-order valence-electron chi connectivity index (χ3n) is 3.48. The highest BCUT2D eigenvalue weighted by atomic mass is 19.1. The van der Waals surface area contributed by atoms with Crippen LogP contribution >= 0.6 is 0 Å². The van der Waals surface area contributed by atoms with E-state index in [2.05, 4.69) is 15.9 Å². The molecular weight excluding hydrogens is 229 g/mol. The zero-order chi connectivity index (χ0) is 13.0. The van der Waals surface area contributed by atoms with Crippen molar-refractivity contribution in [1.29, 1.82) is 5.26 Å². The Hall–Kier alpha value is -1.60. The summed E-state index contributed by atoms with van der Waals surface area (Å²) in [5, 5.41) is 9.04. The lowest BCUT2D eigenvalue weighted by molar-refractivity contribution is 0.216. The van der Waals surface area contributed by atoms with E-state index in [9.17, 15) is 4.39 Å². The smallest absolute Gasteiger partial charge is 0.123 e. The molecule has 96 valence electrons. The normalized spacial score (nSPS) is 18.4. The van der Waals surface area contributed by atoms with E-state index in [-0.39, 0.29) is 11.9 Å². The molecule has 0 spiro atoms. The van der Waals surface area contributed by atoms with E-state index < -0.39 is 0 Å². The van der Waals surface area contributed by atoms with Gasteiger partial charge in [0.05, 0.1) is 12.1 Å². The summed E-state index contributed by atoms with van der Waals surface area (Å²) in [7, 11) is 0. The molecule has 1 unspecified atom stereocenters. The largest absolute Gasteiger partial charge is 0.369 e. The highest BCUT2D eigenvalue weighted by molar-refractivity contribution is 5.46. The summed E-state index contributed by atoms with van der Waals surface area (Å²) in [6, 6.07) is 8.98. The second kappa shape index (κ2) is 5.83. The topological polar surface area (TPSA) is 30.3 Å². The molecule has 1 fully saturated rings. The maximum Gasteiger partial charge on any atom is 0.123 e. The molecule has 0 aromatic heterocycles. The number of rotatable bonds is 3. The Kier molecular flexibility index (Phi) is 4.16. The van der Waals surface area contributed by atoms with Crippen molar-refractivity contribution in [3.63, 3.8) is 0 Å². The van der Waals surface area contributed by atoms with E-state index in [1.54, 1.807) is 0 Å². The molecule has 1 aliphatic rings. The number of hydrogen-bond donors (Lipinski definition) is 0. The zero-order valence-electron chi connectivity index (χ0n) is 10.6. The molecule has 0 radical (unpaired) electrons. The van der Waals surface area contributed by atoms with Crippen molar-refractivity contribution in [3.05, 3.63) is 30.1 Å². The van der Waals surface area contributed by atoms with Crippen LogP contribution in [-0.2, 0) is 0 Å². The molecule has 1 atom stereocenters. The average molecular weight is 247 g/mol. The molecule has 1 aromatic carbocycles. The summed E-state index contributed by atoms with van der Waals surface area (Å²) in [6.07, 6.45) is 0.868. The molecule has 0 bridgehead atoms. The number of anilines is 1. The molecule has 3 nitrogen and oxygen atoms in total. The zero-order valence-corrected chi connectivity index (χ0v) is 10.6. The van der Waals surface area contributed by atoms with Crippen LogP contribution < -0.4 is 4.90 Å². The summed E-state index contributed by atoms with van der Waals surface area (Å²) < 4.78 is 12.9. The fraction of sp³-hybridized carbons (Fsp3) is 0.500.